The molecule has 0 aliphatic rings. The first-order valence-corrected chi connectivity index (χ1v) is 8.59. The standard InChI is InChI=1S/C21H15N5O/c1-2-5-18-15(4-1)6-7-16(25-18)13-27-17-8-9-19-20(12-17)26(14-24-19)21-22-10-3-11-23-21/h1-12,14H,13H2. The number of aromatic nitrogens is 5. The number of imidazole rings is 1. The zero-order valence-corrected chi connectivity index (χ0v) is 14.4. The highest BCUT2D eigenvalue weighted by Crippen LogP contribution is 2.22. The molecule has 0 spiro atoms. The van der Waals surface area contributed by atoms with Crippen molar-refractivity contribution in [3.05, 3.63) is 85.1 Å². The van der Waals surface area contributed by atoms with E-state index in [9.17, 15) is 0 Å². The van der Waals surface area contributed by atoms with Gasteiger partial charge in [-0.05, 0) is 30.3 Å². The van der Waals surface area contributed by atoms with Crippen LogP contribution in [0.4, 0.5) is 0 Å². The maximum Gasteiger partial charge on any atom is 0.235 e. The van der Waals surface area contributed by atoms with Crippen molar-refractivity contribution < 1.29 is 4.74 Å². The van der Waals surface area contributed by atoms with Gasteiger partial charge in [0.25, 0.3) is 0 Å². The Labute approximate surface area is 155 Å². The van der Waals surface area contributed by atoms with Gasteiger partial charge in [0.2, 0.25) is 5.95 Å². The van der Waals surface area contributed by atoms with E-state index in [4.69, 9.17) is 4.74 Å². The van der Waals surface area contributed by atoms with Crippen LogP contribution in [0.1, 0.15) is 5.69 Å². The smallest absolute Gasteiger partial charge is 0.235 e. The second-order valence-corrected chi connectivity index (χ2v) is 6.10. The topological polar surface area (TPSA) is 65.7 Å². The Balaban J connectivity index is 1.43. The molecule has 6 heteroatoms. The zero-order valence-electron chi connectivity index (χ0n) is 14.4. The van der Waals surface area contributed by atoms with Crippen molar-refractivity contribution in [2.24, 2.45) is 0 Å². The Bertz CT molecular complexity index is 1230. The number of para-hydroxylation sites is 1. The summed E-state index contributed by atoms with van der Waals surface area (Å²) in [6.45, 7) is 0.395. The van der Waals surface area contributed by atoms with Gasteiger partial charge in [0.05, 0.1) is 22.2 Å². The molecule has 0 aliphatic heterocycles. The Kier molecular flexibility index (Phi) is 3.72. The summed E-state index contributed by atoms with van der Waals surface area (Å²) < 4.78 is 7.81. The van der Waals surface area contributed by atoms with Crippen LogP contribution in [0.2, 0.25) is 0 Å². The molecule has 0 unspecified atom stereocenters. The Morgan fingerprint density at radius 2 is 1.70 bits per heavy atom. The minimum Gasteiger partial charge on any atom is -0.487 e. The minimum absolute atomic E-state index is 0.395. The van der Waals surface area contributed by atoms with E-state index in [0.717, 1.165) is 33.4 Å². The van der Waals surface area contributed by atoms with Crippen LogP contribution in [0.25, 0.3) is 27.9 Å². The summed E-state index contributed by atoms with van der Waals surface area (Å²) in [5, 5.41) is 1.12. The predicted octanol–water partition coefficient (Wildman–Crippen LogP) is 3.94. The number of hydrogen-bond donors (Lipinski definition) is 0. The summed E-state index contributed by atoms with van der Waals surface area (Å²) in [6, 6.07) is 19.7. The molecule has 27 heavy (non-hydrogen) atoms. The lowest BCUT2D eigenvalue weighted by atomic mass is 10.2. The minimum atomic E-state index is 0.395. The highest BCUT2D eigenvalue weighted by atomic mass is 16.5. The molecule has 5 rings (SSSR count). The summed E-state index contributed by atoms with van der Waals surface area (Å²) in [6.07, 6.45) is 5.13. The van der Waals surface area contributed by atoms with Gasteiger partial charge in [-0.3, -0.25) is 4.57 Å². The van der Waals surface area contributed by atoms with Crippen LogP contribution in [0.3, 0.4) is 0 Å². The zero-order chi connectivity index (χ0) is 18.1. The van der Waals surface area contributed by atoms with Crippen molar-refractivity contribution in [2.75, 3.05) is 0 Å². The summed E-state index contributed by atoms with van der Waals surface area (Å²) in [4.78, 5) is 17.6. The monoisotopic (exact) mass is 353 g/mol. The van der Waals surface area contributed by atoms with E-state index in [-0.39, 0.29) is 0 Å². The van der Waals surface area contributed by atoms with Gasteiger partial charge < -0.3 is 4.74 Å². The molecule has 0 saturated heterocycles. The van der Waals surface area contributed by atoms with Gasteiger partial charge in [-0.25, -0.2) is 19.9 Å². The number of fused-ring (bicyclic) bond motifs is 2. The number of rotatable bonds is 4. The summed E-state index contributed by atoms with van der Waals surface area (Å²) in [5.41, 5.74) is 3.60. The highest BCUT2D eigenvalue weighted by Gasteiger charge is 2.08. The van der Waals surface area contributed by atoms with Gasteiger partial charge in [-0.2, -0.15) is 0 Å². The summed E-state index contributed by atoms with van der Waals surface area (Å²) >= 11 is 0. The van der Waals surface area contributed by atoms with Crippen LogP contribution in [0, 0.1) is 0 Å². The molecule has 0 aliphatic carbocycles. The van der Waals surface area contributed by atoms with Gasteiger partial charge in [-0.15, -0.1) is 0 Å². The van der Waals surface area contributed by atoms with Gasteiger partial charge in [0.1, 0.15) is 18.7 Å². The molecular formula is C21H15N5O. The van der Waals surface area contributed by atoms with Crippen LogP contribution in [-0.2, 0) is 6.61 Å². The normalized spacial score (nSPS) is 11.1. The molecule has 6 nitrogen and oxygen atoms in total. The van der Waals surface area contributed by atoms with E-state index in [0.29, 0.717) is 12.6 Å². The van der Waals surface area contributed by atoms with Gasteiger partial charge >= 0.3 is 0 Å². The van der Waals surface area contributed by atoms with Crippen molar-refractivity contribution in [3.8, 4) is 11.7 Å². The van der Waals surface area contributed by atoms with Crippen molar-refractivity contribution in [1.29, 1.82) is 0 Å². The fraction of sp³-hybridized carbons (Fsp3) is 0.0476. The number of benzene rings is 2. The highest BCUT2D eigenvalue weighted by molar-refractivity contribution is 5.79. The molecule has 3 aromatic heterocycles. The van der Waals surface area contributed by atoms with Gasteiger partial charge in [0.15, 0.2) is 0 Å². The molecule has 5 aromatic rings. The van der Waals surface area contributed by atoms with E-state index < -0.39 is 0 Å². The lowest BCUT2D eigenvalue weighted by molar-refractivity contribution is 0.302. The van der Waals surface area contributed by atoms with E-state index >= 15 is 0 Å². The van der Waals surface area contributed by atoms with E-state index in [1.165, 1.54) is 0 Å². The van der Waals surface area contributed by atoms with Crippen molar-refractivity contribution in [3.63, 3.8) is 0 Å². The maximum absolute atomic E-state index is 5.96. The molecule has 0 fully saturated rings. The molecular weight excluding hydrogens is 338 g/mol. The SMILES string of the molecule is c1cnc(-n2cnc3ccc(OCc4ccc5ccccc5n4)cc32)nc1. The van der Waals surface area contributed by atoms with Gasteiger partial charge in [0, 0.05) is 23.8 Å². The van der Waals surface area contributed by atoms with Crippen LogP contribution >= 0.6 is 0 Å². The quantitative estimate of drug-likeness (QED) is 0.489. The number of nitrogens with zero attached hydrogens (tertiary/aromatic N) is 5. The predicted molar refractivity (Wildman–Crippen MR) is 103 cm³/mol. The van der Waals surface area contributed by atoms with Crippen LogP contribution in [-0.4, -0.2) is 24.5 Å². The first kappa shape index (κ1) is 15.5. The summed E-state index contributed by atoms with van der Waals surface area (Å²) in [7, 11) is 0. The fourth-order valence-electron chi connectivity index (χ4n) is 3.00. The Morgan fingerprint density at radius 3 is 2.63 bits per heavy atom. The van der Waals surface area contributed by atoms with E-state index in [1.807, 2.05) is 53.1 Å². The lowest BCUT2D eigenvalue weighted by Gasteiger charge is -2.08. The van der Waals surface area contributed by atoms with Crippen LogP contribution < -0.4 is 4.74 Å². The van der Waals surface area contributed by atoms with Crippen molar-refractivity contribution in [2.45, 2.75) is 6.61 Å². The average Bonchev–Trinajstić information content (AvgIpc) is 3.16. The fourth-order valence-corrected chi connectivity index (χ4v) is 3.00. The summed E-state index contributed by atoms with van der Waals surface area (Å²) in [5.74, 6) is 1.32. The Hall–Kier alpha value is -3.80. The number of pyridine rings is 1. The third-order valence-corrected chi connectivity index (χ3v) is 4.33. The average molecular weight is 353 g/mol. The maximum atomic E-state index is 5.96. The second kappa shape index (κ2) is 6.49. The van der Waals surface area contributed by atoms with E-state index in [1.54, 1.807) is 24.8 Å². The lowest BCUT2D eigenvalue weighted by Crippen LogP contribution is -2.00. The third-order valence-electron chi connectivity index (χ3n) is 4.33. The molecule has 0 saturated carbocycles. The molecule has 2 aromatic carbocycles. The molecule has 3 heterocycles. The van der Waals surface area contributed by atoms with E-state index in [2.05, 4.69) is 26.0 Å². The molecule has 0 bridgehead atoms. The van der Waals surface area contributed by atoms with Crippen LogP contribution in [0.15, 0.2) is 79.4 Å². The third kappa shape index (κ3) is 2.97. The molecule has 0 N–H and O–H groups in total. The Morgan fingerprint density at radius 1 is 0.815 bits per heavy atom. The first-order valence-electron chi connectivity index (χ1n) is 8.59. The van der Waals surface area contributed by atoms with Crippen molar-refractivity contribution >= 4 is 21.9 Å². The molecule has 0 radical (unpaired) electrons. The largest absolute Gasteiger partial charge is 0.487 e. The molecule has 130 valence electrons. The molecule has 0 amide bonds. The van der Waals surface area contributed by atoms with Crippen molar-refractivity contribution in [1.82, 2.24) is 24.5 Å². The van der Waals surface area contributed by atoms with Crippen LogP contribution in [0.5, 0.6) is 5.75 Å². The van der Waals surface area contributed by atoms with Gasteiger partial charge in [-0.1, -0.05) is 24.3 Å². The molecule has 0 atom stereocenters. The first-order chi connectivity index (χ1) is 13.4. The number of hydrogen-bond acceptors (Lipinski definition) is 5. The number of ether oxygens (including phenoxy) is 1. The second-order valence-electron chi connectivity index (χ2n) is 6.10.